The lowest BCUT2D eigenvalue weighted by Gasteiger charge is -2.20. The van der Waals surface area contributed by atoms with Crippen molar-refractivity contribution in [3.05, 3.63) is 29.3 Å². The van der Waals surface area contributed by atoms with Crippen LogP contribution in [0.3, 0.4) is 0 Å². The third-order valence-electron chi connectivity index (χ3n) is 3.77. The Morgan fingerprint density at radius 3 is 2.55 bits per heavy atom. The monoisotopic (exact) mass is 308 g/mol. The van der Waals surface area contributed by atoms with E-state index in [1.807, 2.05) is 52.8 Å². The number of carbonyl (C=O) groups is 1. The van der Waals surface area contributed by atoms with E-state index in [0.717, 1.165) is 16.8 Å². The summed E-state index contributed by atoms with van der Waals surface area (Å²) in [6.07, 6.45) is 0.167. The molecule has 0 aliphatic heterocycles. The Kier molecular flexibility index (Phi) is 7.35. The van der Waals surface area contributed by atoms with Gasteiger partial charge in [-0.1, -0.05) is 19.1 Å². The molecule has 1 rings (SSSR count). The first-order chi connectivity index (χ1) is 10.3. The zero-order chi connectivity index (χ0) is 16.7. The van der Waals surface area contributed by atoms with Crippen LogP contribution in [-0.2, 0) is 11.3 Å². The summed E-state index contributed by atoms with van der Waals surface area (Å²) in [5.74, 6) is 0.0117. The highest BCUT2D eigenvalue weighted by atomic mass is 16.5. The molecule has 0 aliphatic carbocycles. The van der Waals surface area contributed by atoms with Crippen LogP contribution in [0.25, 0.3) is 0 Å². The maximum atomic E-state index is 12.0. The van der Waals surface area contributed by atoms with Gasteiger partial charge in [-0.2, -0.15) is 0 Å². The van der Waals surface area contributed by atoms with Crippen LogP contribution < -0.4 is 10.6 Å². The van der Waals surface area contributed by atoms with E-state index in [9.17, 15) is 4.79 Å². The number of aliphatic hydroxyl groups excluding tert-OH is 1. The van der Waals surface area contributed by atoms with Crippen molar-refractivity contribution in [2.75, 3.05) is 11.9 Å². The third-order valence-corrected chi connectivity index (χ3v) is 3.77. The first kappa shape index (κ1) is 18.5. The summed E-state index contributed by atoms with van der Waals surface area (Å²) in [6.45, 7) is 10.3. The smallest absolute Gasteiger partial charge is 0.319 e. The van der Waals surface area contributed by atoms with E-state index in [1.54, 1.807) is 0 Å². The van der Waals surface area contributed by atoms with E-state index in [0.29, 0.717) is 6.61 Å². The summed E-state index contributed by atoms with van der Waals surface area (Å²) >= 11 is 0. The molecular weight excluding hydrogens is 280 g/mol. The van der Waals surface area contributed by atoms with Crippen molar-refractivity contribution in [1.82, 2.24) is 5.32 Å². The minimum atomic E-state index is -0.266. The maximum Gasteiger partial charge on any atom is 0.319 e. The highest BCUT2D eigenvalue weighted by Gasteiger charge is 2.14. The van der Waals surface area contributed by atoms with Gasteiger partial charge >= 0.3 is 6.03 Å². The van der Waals surface area contributed by atoms with Gasteiger partial charge in [-0.25, -0.2) is 4.79 Å². The predicted octanol–water partition coefficient (Wildman–Crippen LogP) is 3.06. The molecule has 22 heavy (non-hydrogen) atoms. The minimum Gasteiger partial charge on any atom is -0.396 e. The summed E-state index contributed by atoms with van der Waals surface area (Å²) in [5, 5.41) is 14.8. The second-order valence-electron chi connectivity index (χ2n) is 6.00. The van der Waals surface area contributed by atoms with Crippen molar-refractivity contribution in [3.8, 4) is 0 Å². The molecule has 124 valence electrons. The van der Waals surface area contributed by atoms with Gasteiger partial charge in [-0.15, -0.1) is 0 Å². The molecule has 1 aromatic carbocycles. The van der Waals surface area contributed by atoms with E-state index in [4.69, 9.17) is 9.84 Å². The van der Waals surface area contributed by atoms with E-state index < -0.39 is 0 Å². The van der Waals surface area contributed by atoms with Gasteiger partial charge in [0, 0.05) is 18.3 Å². The fraction of sp³-hybridized carbons (Fsp3) is 0.588. The minimum absolute atomic E-state index is 0.0117. The van der Waals surface area contributed by atoms with E-state index in [2.05, 4.69) is 10.6 Å². The molecule has 0 spiro atoms. The Hall–Kier alpha value is -1.59. The molecule has 0 saturated carbocycles. The number of anilines is 1. The molecule has 0 saturated heterocycles. The number of aliphatic hydroxyl groups is 1. The molecule has 2 unspecified atom stereocenters. The lowest BCUT2D eigenvalue weighted by Crippen LogP contribution is -2.40. The highest BCUT2D eigenvalue weighted by molar-refractivity contribution is 5.90. The summed E-state index contributed by atoms with van der Waals surface area (Å²) in [7, 11) is 0. The van der Waals surface area contributed by atoms with Crippen LogP contribution in [0.2, 0.25) is 0 Å². The molecule has 0 aromatic heterocycles. The highest BCUT2D eigenvalue weighted by Crippen LogP contribution is 2.20. The summed E-state index contributed by atoms with van der Waals surface area (Å²) < 4.78 is 5.62. The van der Waals surface area contributed by atoms with Gasteiger partial charge in [-0.05, 0) is 50.8 Å². The van der Waals surface area contributed by atoms with E-state index in [1.165, 1.54) is 0 Å². The number of hydrogen-bond acceptors (Lipinski definition) is 3. The SMILES string of the molecule is Cc1c(COC(C)C)cccc1NC(=O)NC(C)C(C)CO. The normalized spacial score (nSPS) is 13.8. The van der Waals surface area contributed by atoms with Crippen LogP contribution in [-0.4, -0.2) is 29.9 Å². The molecule has 0 radical (unpaired) electrons. The van der Waals surface area contributed by atoms with E-state index >= 15 is 0 Å². The lowest BCUT2D eigenvalue weighted by atomic mass is 10.1. The molecule has 2 atom stereocenters. The van der Waals surface area contributed by atoms with Crippen molar-refractivity contribution in [1.29, 1.82) is 0 Å². The molecular formula is C17H28N2O3. The molecule has 3 N–H and O–H groups in total. The lowest BCUT2D eigenvalue weighted by molar-refractivity contribution is 0.0654. The second kappa shape index (κ2) is 8.76. The zero-order valence-corrected chi connectivity index (χ0v) is 14.1. The van der Waals surface area contributed by atoms with Crippen molar-refractivity contribution >= 4 is 11.7 Å². The Labute approximate surface area is 133 Å². The molecule has 0 fully saturated rings. The van der Waals surface area contributed by atoms with Gasteiger partial charge in [0.05, 0.1) is 12.7 Å². The Morgan fingerprint density at radius 2 is 1.95 bits per heavy atom. The predicted molar refractivity (Wildman–Crippen MR) is 89.0 cm³/mol. The molecule has 5 heteroatoms. The second-order valence-corrected chi connectivity index (χ2v) is 6.00. The fourth-order valence-electron chi connectivity index (χ4n) is 1.90. The third kappa shape index (κ3) is 5.66. The summed E-state index contributed by atoms with van der Waals surface area (Å²) in [5.41, 5.74) is 2.83. The number of carbonyl (C=O) groups excluding carboxylic acids is 1. The Balaban J connectivity index is 2.69. The zero-order valence-electron chi connectivity index (χ0n) is 14.1. The Morgan fingerprint density at radius 1 is 1.27 bits per heavy atom. The average molecular weight is 308 g/mol. The topological polar surface area (TPSA) is 70.6 Å². The Bertz CT molecular complexity index is 489. The van der Waals surface area contributed by atoms with Crippen LogP contribution in [0.1, 0.15) is 38.8 Å². The van der Waals surface area contributed by atoms with Crippen LogP contribution >= 0.6 is 0 Å². The molecule has 5 nitrogen and oxygen atoms in total. The maximum absolute atomic E-state index is 12.0. The van der Waals surface area contributed by atoms with Gasteiger partial charge in [0.25, 0.3) is 0 Å². The van der Waals surface area contributed by atoms with E-state index in [-0.39, 0.29) is 30.7 Å². The first-order valence-electron chi connectivity index (χ1n) is 7.73. The van der Waals surface area contributed by atoms with Gasteiger partial charge < -0.3 is 20.5 Å². The number of amides is 2. The van der Waals surface area contributed by atoms with Gasteiger partial charge in [0.15, 0.2) is 0 Å². The molecule has 2 amide bonds. The molecule has 1 aromatic rings. The van der Waals surface area contributed by atoms with Gasteiger partial charge in [0.1, 0.15) is 0 Å². The summed E-state index contributed by atoms with van der Waals surface area (Å²) in [4.78, 5) is 12.0. The van der Waals surface area contributed by atoms with Gasteiger partial charge in [-0.3, -0.25) is 0 Å². The van der Waals surface area contributed by atoms with Crippen LogP contribution in [0, 0.1) is 12.8 Å². The van der Waals surface area contributed by atoms with Crippen LogP contribution in [0.5, 0.6) is 0 Å². The quantitative estimate of drug-likeness (QED) is 0.725. The number of hydrogen-bond donors (Lipinski definition) is 3. The van der Waals surface area contributed by atoms with Crippen molar-refractivity contribution in [3.63, 3.8) is 0 Å². The van der Waals surface area contributed by atoms with Crippen molar-refractivity contribution in [2.45, 2.75) is 53.4 Å². The number of nitrogens with one attached hydrogen (secondary N) is 2. The first-order valence-corrected chi connectivity index (χ1v) is 7.73. The van der Waals surface area contributed by atoms with Crippen LogP contribution in [0.4, 0.5) is 10.5 Å². The van der Waals surface area contributed by atoms with Crippen molar-refractivity contribution in [2.24, 2.45) is 5.92 Å². The van der Waals surface area contributed by atoms with Crippen molar-refractivity contribution < 1.29 is 14.6 Å². The molecule has 0 heterocycles. The summed E-state index contributed by atoms with van der Waals surface area (Å²) in [6, 6.07) is 5.41. The largest absolute Gasteiger partial charge is 0.396 e. The number of urea groups is 1. The standard InChI is InChI=1S/C17H28N2O3/c1-11(2)22-10-15-7-6-8-16(13(15)4)19-17(21)18-14(5)12(3)9-20/h6-8,11-12,14,20H,9-10H2,1-5H3,(H2,18,19,21). The number of ether oxygens (including phenoxy) is 1. The molecule has 0 aliphatic rings. The average Bonchev–Trinajstić information content (AvgIpc) is 2.46. The number of rotatable bonds is 7. The number of benzene rings is 1. The van der Waals surface area contributed by atoms with Crippen LogP contribution in [0.15, 0.2) is 18.2 Å². The molecule has 0 bridgehead atoms. The van der Waals surface area contributed by atoms with Gasteiger partial charge in [0.2, 0.25) is 0 Å². The fourth-order valence-corrected chi connectivity index (χ4v) is 1.90.